The fraction of sp³-hybridized carbons (Fsp3) is 0.625. The van der Waals surface area contributed by atoms with Gasteiger partial charge >= 0.3 is 0 Å². The lowest BCUT2D eigenvalue weighted by atomic mass is 10.0. The summed E-state index contributed by atoms with van der Waals surface area (Å²) >= 11 is 0. The van der Waals surface area contributed by atoms with Crippen LogP contribution in [-0.4, -0.2) is 22.0 Å². The molecule has 1 aliphatic rings. The minimum atomic E-state index is -3.43. The smallest absolute Gasteiger partial charge is 0.240 e. The van der Waals surface area contributed by atoms with Gasteiger partial charge in [0.25, 0.3) is 0 Å². The van der Waals surface area contributed by atoms with E-state index in [0.717, 1.165) is 5.56 Å². The average molecular weight is 310 g/mol. The van der Waals surface area contributed by atoms with Crippen LogP contribution in [-0.2, 0) is 16.6 Å². The third-order valence-electron chi connectivity index (χ3n) is 5.39. The first-order chi connectivity index (χ1) is 9.63. The van der Waals surface area contributed by atoms with Crippen LogP contribution >= 0.6 is 0 Å². The molecule has 0 radical (unpaired) electrons. The van der Waals surface area contributed by atoms with Gasteiger partial charge in [-0.15, -0.1) is 0 Å². The summed E-state index contributed by atoms with van der Waals surface area (Å²) in [4.78, 5) is 0.339. The summed E-state index contributed by atoms with van der Waals surface area (Å²) < 4.78 is 27.6. The van der Waals surface area contributed by atoms with E-state index in [1.807, 2.05) is 13.1 Å². The molecule has 4 nitrogen and oxygen atoms in total. The maximum absolute atomic E-state index is 12.4. The lowest BCUT2D eigenvalue weighted by Crippen LogP contribution is -2.27. The van der Waals surface area contributed by atoms with Gasteiger partial charge < -0.3 is 5.32 Å². The van der Waals surface area contributed by atoms with Crippen molar-refractivity contribution in [2.24, 2.45) is 16.7 Å². The van der Waals surface area contributed by atoms with Crippen LogP contribution in [0.3, 0.4) is 0 Å². The number of rotatable bonds is 6. The Kier molecular flexibility index (Phi) is 4.21. The molecule has 1 aliphatic carbocycles. The van der Waals surface area contributed by atoms with Gasteiger partial charge in [0.1, 0.15) is 0 Å². The van der Waals surface area contributed by atoms with Gasteiger partial charge in [-0.1, -0.05) is 39.8 Å². The summed E-state index contributed by atoms with van der Waals surface area (Å²) in [5.74, 6) is 0.375. The van der Waals surface area contributed by atoms with E-state index in [0.29, 0.717) is 23.9 Å². The van der Waals surface area contributed by atoms with Crippen LogP contribution in [0.15, 0.2) is 29.2 Å². The summed E-state index contributed by atoms with van der Waals surface area (Å²) in [6.07, 6.45) is 0. The molecule has 0 heterocycles. The Labute approximate surface area is 128 Å². The Hall–Kier alpha value is -0.910. The zero-order valence-corrected chi connectivity index (χ0v) is 14.3. The molecular formula is C16H26N2O2S. The SMILES string of the molecule is CNCc1cccc(S(=O)(=O)NCC2C(C)(C)C2(C)C)c1. The number of hydrogen-bond donors (Lipinski definition) is 2. The Bertz CT molecular complexity index is 607. The van der Waals surface area contributed by atoms with E-state index in [9.17, 15) is 8.42 Å². The van der Waals surface area contributed by atoms with E-state index in [2.05, 4.69) is 37.7 Å². The molecule has 0 aromatic heterocycles. The number of sulfonamides is 1. The number of nitrogens with one attached hydrogen (secondary N) is 2. The van der Waals surface area contributed by atoms with Crippen LogP contribution < -0.4 is 10.0 Å². The van der Waals surface area contributed by atoms with Crippen molar-refractivity contribution in [3.8, 4) is 0 Å². The molecule has 0 saturated heterocycles. The lowest BCUT2D eigenvalue weighted by Gasteiger charge is -2.09. The molecule has 5 heteroatoms. The molecule has 0 unspecified atom stereocenters. The molecule has 2 rings (SSSR count). The Morgan fingerprint density at radius 3 is 2.29 bits per heavy atom. The molecule has 0 amide bonds. The predicted octanol–water partition coefficient (Wildman–Crippen LogP) is 2.37. The summed E-state index contributed by atoms with van der Waals surface area (Å²) in [7, 11) is -1.59. The van der Waals surface area contributed by atoms with Crippen LogP contribution in [0.5, 0.6) is 0 Å². The third kappa shape index (κ3) is 3.00. The molecule has 1 aromatic carbocycles. The minimum Gasteiger partial charge on any atom is -0.316 e. The molecule has 0 atom stereocenters. The third-order valence-corrected chi connectivity index (χ3v) is 6.81. The highest BCUT2D eigenvalue weighted by atomic mass is 32.2. The van der Waals surface area contributed by atoms with Crippen LogP contribution in [0, 0.1) is 16.7 Å². The summed E-state index contributed by atoms with van der Waals surface area (Å²) in [6.45, 7) is 9.93. The second kappa shape index (κ2) is 5.38. The zero-order chi connectivity index (χ0) is 15.9. The molecule has 1 saturated carbocycles. The summed E-state index contributed by atoms with van der Waals surface area (Å²) in [5, 5.41) is 3.03. The fourth-order valence-electron chi connectivity index (χ4n) is 3.15. The van der Waals surface area contributed by atoms with Crippen molar-refractivity contribution in [2.45, 2.75) is 39.1 Å². The Balaban J connectivity index is 2.08. The molecule has 21 heavy (non-hydrogen) atoms. The van der Waals surface area contributed by atoms with Crippen LogP contribution in [0.25, 0.3) is 0 Å². The van der Waals surface area contributed by atoms with E-state index >= 15 is 0 Å². The average Bonchev–Trinajstić information content (AvgIpc) is 2.78. The van der Waals surface area contributed by atoms with E-state index < -0.39 is 10.0 Å². The minimum absolute atomic E-state index is 0.184. The molecule has 0 bridgehead atoms. The maximum atomic E-state index is 12.4. The van der Waals surface area contributed by atoms with Crippen LogP contribution in [0.4, 0.5) is 0 Å². The highest BCUT2D eigenvalue weighted by Crippen LogP contribution is 2.67. The van der Waals surface area contributed by atoms with Crippen molar-refractivity contribution in [2.75, 3.05) is 13.6 Å². The largest absolute Gasteiger partial charge is 0.316 e. The molecule has 118 valence electrons. The van der Waals surface area contributed by atoms with Gasteiger partial charge in [0.05, 0.1) is 4.90 Å². The quantitative estimate of drug-likeness (QED) is 0.848. The van der Waals surface area contributed by atoms with Crippen molar-refractivity contribution in [1.29, 1.82) is 0 Å². The maximum Gasteiger partial charge on any atom is 0.240 e. The molecule has 0 spiro atoms. The predicted molar refractivity (Wildman–Crippen MR) is 85.4 cm³/mol. The van der Waals surface area contributed by atoms with Gasteiger partial charge in [0.2, 0.25) is 10.0 Å². The first-order valence-electron chi connectivity index (χ1n) is 7.36. The van der Waals surface area contributed by atoms with Crippen molar-refractivity contribution < 1.29 is 8.42 Å². The van der Waals surface area contributed by atoms with Crippen molar-refractivity contribution in [3.63, 3.8) is 0 Å². The van der Waals surface area contributed by atoms with Gasteiger partial charge in [0.15, 0.2) is 0 Å². The van der Waals surface area contributed by atoms with Crippen molar-refractivity contribution in [3.05, 3.63) is 29.8 Å². The van der Waals surface area contributed by atoms with E-state index in [4.69, 9.17) is 0 Å². The Morgan fingerprint density at radius 2 is 1.76 bits per heavy atom. The second-order valence-electron chi connectivity index (χ2n) is 7.03. The summed E-state index contributed by atoms with van der Waals surface area (Å²) in [5.41, 5.74) is 1.33. The summed E-state index contributed by atoms with van der Waals surface area (Å²) in [6, 6.07) is 7.07. The molecule has 2 N–H and O–H groups in total. The Morgan fingerprint density at radius 1 is 1.14 bits per heavy atom. The highest BCUT2D eigenvalue weighted by molar-refractivity contribution is 7.89. The normalized spacial score (nSPS) is 20.4. The van der Waals surface area contributed by atoms with Crippen LogP contribution in [0.2, 0.25) is 0 Å². The molecular weight excluding hydrogens is 284 g/mol. The van der Waals surface area contributed by atoms with Gasteiger partial charge in [-0.05, 0) is 41.5 Å². The standard InChI is InChI=1S/C16H26N2O2S/c1-15(2)14(16(15,3)4)11-18-21(19,20)13-8-6-7-12(9-13)10-17-5/h6-9,14,17-18H,10-11H2,1-5H3. The monoisotopic (exact) mass is 310 g/mol. The highest BCUT2D eigenvalue weighted by Gasteiger charge is 2.64. The molecule has 0 aliphatic heterocycles. The number of hydrogen-bond acceptors (Lipinski definition) is 3. The second-order valence-corrected chi connectivity index (χ2v) is 8.79. The topological polar surface area (TPSA) is 58.2 Å². The van der Waals surface area contributed by atoms with Gasteiger partial charge in [-0.3, -0.25) is 0 Å². The van der Waals surface area contributed by atoms with Gasteiger partial charge in [-0.25, -0.2) is 13.1 Å². The first kappa shape index (κ1) is 16.5. The van der Waals surface area contributed by atoms with E-state index in [1.165, 1.54) is 0 Å². The van der Waals surface area contributed by atoms with Crippen molar-refractivity contribution in [1.82, 2.24) is 10.0 Å². The van der Waals surface area contributed by atoms with E-state index in [1.54, 1.807) is 18.2 Å². The zero-order valence-electron chi connectivity index (χ0n) is 13.5. The van der Waals surface area contributed by atoms with Crippen molar-refractivity contribution >= 4 is 10.0 Å². The van der Waals surface area contributed by atoms with E-state index in [-0.39, 0.29) is 10.8 Å². The number of benzene rings is 1. The first-order valence-corrected chi connectivity index (χ1v) is 8.84. The molecule has 1 fully saturated rings. The lowest BCUT2D eigenvalue weighted by molar-refractivity contribution is 0.457. The fourth-order valence-corrected chi connectivity index (χ4v) is 4.26. The molecule has 1 aromatic rings. The van der Waals surface area contributed by atoms with Crippen LogP contribution in [0.1, 0.15) is 33.3 Å². The van der Waals surface area contributed by atoms with Gasteiger partial charge in [-0.2, -0.15) is 0 Å². The van der Waals surface area contributed by atoms with Gasteiger partial charge in [0, 0.05) is 13.1 Å².